The van der Waals surface area contributed by atoms with E-state index >= 15 is 0 Å². The van der Waals surface area contributed by atoms with E-state index in [1.807, 2.05) is 13.8 Å². The van der Waals surface area contributed by atoms with Gasteiger partial charge < -0.3 is 37.6 Å². The summed E-state index contributed by atoms with van der Waals surface area (Å²) in [4.78, 5) is 37.3. The largest absolute Gasteiger partial charge is 1.00 e. The van der Waals surface area contributed by atoms with Crippen LogP contribution in [0, 0.1) is 5.82 Å². The Hall–Kier alpha value is -0.500. The number of methoxy groups -OCH3 is 1. The second kappa shape index (κ2) is 19.6. The van der Waals surface area contributed by atoms with Crippen LogP contribution < -0.4 is 59.1 Å². The topological polar surface area (TPSA) is 178 Å². The summed E-state index contributed by atoms with van der Waals surface area (Å²) < 4.78 is 28.1. The first-order valence-electron chi connectivity index (χ1n) is 11.9. The van der Waals surface area contributed by atoms with Gasteiger partial charge in [0.2, 0.25) is 0 Å². The van der Waals surface area contributed by atoms with Gasteiger partial charge in [-0.05, 0) is 35.1 Å². The van der Waals surface area contributed by atoms with E-state index in [-0.39, 0.29) is 86.0 Å². The number of aliphatic hydroxyl groups excluding tert-OH is 2. The summed E-state index contributed by atoms with van der Waals surface area (Å²) in [6.45, 7) is 8.49. The van der Waals surface area contributed by atoms with Crippen LogP contribution in [0.1, 0.15) is 77.7 Å². The van der Waals surface area contributed by atoms with Crippen molar-refractivity contribution in [3.63, 3.8) is 0 Å². The quantitative estimate of drug-likeness (QED) is 0.126. The van der Waals surface area contributed by atoms with Crippen LogP contribution in [0.2, 0.25) is 0 Å². The Morgan fingerprint density at radius 1 is 1.05 bits per heavy atom. The molecule has 40 heavy (non-hydrogen) atoms. The molecule has 2 unspecified atom stereocenters. The van der Waals surface area contributed by atoms with Crippen LogP contribution in [0.15, 0.2) is 30.3 Å². The maximum absolute atomic E-state index is 13.7. The zero-order valence-electron chi connectivity index (χ0n) is 26.1. The van der Waals surface area contributed by atoms with Gasteiger partial charge in [0.25, 0.3) is 0 Å². The van der Waals surface area contributed by atoms with Gasteiger partial charge in [-0.1, -0.05) is 52.0 Å². The van der Waals surface area contributed by atoms with Crippen molar-refractivity contribution in [3.05, 3.63) is 58.7 Å². The van der Waals surface area contributed by atoms with Gasteiger partial charge in [0.05, 0.1) is 30.9 Å². The molecule has 10 nitrogen and oxygen atoms in total. The summed E-state index contributed by atoms with van der Waals surface area (Å²) >= 11 is 0. The van der Waals surface area contributed by atoms with Crippen LogP contribution in [-0.2, 0) is 20.7 Å². The first-order chi connectivity index (χ1) is 17.5. The molecule has 0 radical (unpaired) electrons. The molecule has 0 saturated heterocycles. The third-order valence-corrected chi connectivity index (χ3v) is 5.32. The predicted molar refractivity (Wildman–Crippen MR) is 143 cm³/mol. The zero-order chi connectivity index (χ0) is 29.2. The summed E-state index contributed by atoms with van der Waals surface area (Å²) in [5.74, 6) is -1.28. The minimum absolute atomic E-state index is 0. The standard InChI is InChI=1S/C26H34FNO5.2Na.H3O4P.2H/c1-15(2)25-21(11-10-19(29)12-20(30)13-23(31)32)24(17-6-8-18(27)9-7-17)22(14-33-5)26(28-25)16(3)4;;;1-5(2,3)4;;/h6-11,15-16,19-20,29-30H,12-14H2,1-5H3,(H,31,32);;;(H3,1,2,3,4);;/q;2*+1;;2*-1/b11-10+;;;;;. The van der Waals surface area contributed by atoms with Crippen LogP contribution in [0.3, 0.4) is 0 Å². The molecule has 1 aromatic carbocycles. The Bertz CT molecular complexity index is 1150. The third-order valence-electron chi connectivity index (χ3n) is 5.32. The average molecular weight is 606 g/mol. The van der Waals surface area contributed by atoms with Crippen LogP contribution in [0.25, 0.3) is 17.2 Å². The first-order valence-corrected chi connectivity index (χ1v) is 13.5. The van der Waals surface area contributed by atoms with Gasteiger partial charge in [-0.25, -0.2) is 8.96 Å². The fourth-order valence-corrected chi connectivity index (χ4v) is 3.85. The summed E-state index contributed by atoms with van der Waals surface area (Å²) in [5.41, 5.74) is 5.05. The SMILES string of the molecule is COCc1c(C(C)C)nc(C(C)C)c(/C=C/C(O)CC(O)CC(=O)O)c1-c1ccc(F)cc1.O=P(O)(O)O.[H-].[H-].[Na+].[Na+]. The third kappa shape index (κ3) is 15.1. The molecule has 0 aliphatic heterocycles. The summed E-state index contributed by atoms with van der Waals surface area (Å²) in [6.07, 6.45) is 0.541. The van der Waals surface area contributed by atoms with Gasteiger partial charge in [-0.2, -0.15) is 0 Å². The molecule has 0 saturated carbocycles. The number of rotatable bonds is 11. The summed E-state index contributed by atoms with van der Waals surface area (Å²) in [7, 11) is -3.03. The normalized spacial score (nSPS) is 12.8. The van der Waals surface area contributed by atoms with Crippen molar-refractivity contribution in [2.45, 2.75) is 71.2 Å². The van der Waals surface area contributed by atoms with Gasteiger partial charge in [0, 0.05) is 30.4 Å². The van der Waals surface area contributed by atoms with E-state index in [2.05, 4.69) is 13.8 Å². The number of carboxylic acid groups (broad SMARTS) is 1. The number of ether oxygens (including phenoxy) is 1. The molecular weight excluding hydrogens is 566 g/mol. The van der Waals surface area contributed by atoms with E-state index in [0.29, 0.717) is 6.61 Å². The van der Waals surface area contributed by atoms with Crippen LogP contribution in [0.5, 0.6) is 0 Å². The van der Waals surface area contributed by atoms with E-state index in [9.17, 15) is 19.4 Å². The number of aliphatic carboxylic acids is 1. The Kier molecular flexibility index (Phi) is 20.4. The number of aromatic nitrogens is 1. The molecule has 0 aliphatic carbocycles. The molecule has 2 aromatic rings. The molecule has 0 amide bonds. The number of carbonyl (C=O) groups is 1. The van der Waals surface area contributed by atoms with Crippen LogP contribution in [0.4, 0.5) is 4.39 Å². The maximum Gasteiger partial charge on any atom is 1.00 e. The molecule has 6 N–H and O–H groups in total. The van der Waals surface area contributed by atoms with Crippen LogP contribution >= 0.6 is 7.82 Å². The second-order valence-electron chi connectivity index (χ2n) is 9.33. The van der Waals surface area contributed by atoms with Crippen molar-refractivity contribution in [3.8, 4) is 11.1 Å². The molecule has 0 fully saturated rings. The molecule has 0 spiro atoms. The molecule has 0 bridgehead atoms. The molecule has 2 atom stereocenters. The molecule has 2 rings (SSSR count). The second-order valence-corrected chi connectivity index (χ2v) is 10.4. The maximum atomic E-state index is 13.7. The molecule has 14 heteroatoms. The Balaban J connectivity index is -0.000000738. The van der Waals surface area contributed by atoms with Crippen molar-refractivity contribution in [2.24, 2.45) is 0 Å². The summed E-state index contributed by atoms with van der Waals surface area (Å²) in [5, 5.41) is 29.1. The van der Waals surface area contributed by atoms with E-state index < -0.39 is 32.4 Å². The molecule has 1 heterocycles. The predicted octanol–water partition coefficient (Wildman–Crippen LogP) is -1.81. The van der Waals surface area contributed by atoms with Gasteiger partial charge in [0.15, 0.2) is 0 Å². The Morgan fingerprint density at radius 2 is 1.55 bits per heavy atom. The number of carboxylic acids is 1. The fraction of sp³-hybridized carbons (Fsp3) is 0.462. The van der Waals surface area contributed by atoms with Crippen molar-refractivity contribution < 1.29 is 110 Å². The Morgan fingerprint density at radius 3 is 1.98 bits per heavy atom. The first kappa shape index (κ1) is 41.6. The number of benzene rings is 1. The average Bonchev–Trinajstić information content (AvgIpc) is 2.76. The number of nitrogens with zero attached hydrogens (tertiary/aromatic N) is 1. The number of phosphoric acid groups is 1. The number of pyridine rings is 1. The fourth-order valence-electron chi connectivity index (χ4n) is 3.85. The van der Waals surface area contributed by atoms with Gasteiger partial charge >= 0.3 is 72.9 Å². The molecular formula is C26H39FNNa2O9P. The minimum Gasteiger partial charge on any atom is -1.00 e. The Labute approximate surface area is 281 Å². The van der Waals surface area contributed by atoms with Crippen LogP contribution in [-0.4, -0.2) is 60.3 Å². The number of halogens is 1. The molecule has 1 aromatic heterocycles. The van der Waals surface area contributed by atoms with Gasteiger partial charge in [-0.3, -0.25) is 9.78 Å². The van der Waals surface area contributed by atoms with E-state index in [1.165, 1.54) is 18.2 Å². The molecule has 216 valence electrons. The minimum atomic E-state index is -4.64. The van der Waals surface area contributed by atoms with Crippen molar-refractivity contribution in [1.82, 2.24) is 4.98 Å². The van der Waals surface area contributed by atoms with E-state index in [0.717, 1.165) is 33.6 Å². The smallest absolute Gasteiger partial charge is 1.00 e. The number of aliphatic hydroxyl groups is 2. The van der Waals surface area contributed by atoms with Gasteiger partial charge in [0.1, 0.15) is 5.82 Å². The van der Waals surface area contributed by atoms with E-state index in [4.69, 9.17) is 34.1 Å². The van der Waals surface area contributed by atoms with Crippen molar-refractivity contribution >= 4 is 19.9 Å². The van der Waals surface area contributed by atoms with E-state index in [1.54, 1.807) is 25.3 Å². The van der Waals surface area contributed by atoms with Gasteiger partial charge in [-0.15, -0.1) is 0 Å². The van der Waals surface area contributed by atoms with Crippen molar-refractivity contribution in [2.75, 3.05) is 7.11 Å². The zero-order valence-corrected chi connectivity index (χ0v) is 29.0. The molecule has 0 aliphatic rings. The number of hydrogen-bond donors (Lipinski definition) is 6. The van der Waals surface area contributed by atoms with Crippen molar-refractivity contribution in [1.29, 1.82) is 0 Å². The monoisotopic (exact) mass is 605 g/mol. The summed E-state index contributed by atoms with van der Waals surface area (Å²) in [6, 6.07) is 6.23. The number of hydrogen-bond acceptors (Lipinski definition) is 6.